The summed E-state index contributed by atoms with van der Waals surface area (Å²) in [5.74, 6) is -0.0555. The van der Waals surface area contributed by atoms with Gasteiger partial charge in [0.05, 0.1) is 0 Å². The Morgan fingerprint density at radius 3 is 2.75 bits per heavy atom. The molecule has 1 saturated heterocycles. The highest BCUT2D eigenvalue weighted by atomic mass is 32.1. The van der Waals surface area contributed by atoms with Crippen molar-refractivity contribution in [1.29, 1.82) is 0 Å². The van der Waals surface area contributed by atoms with E-state index in [9.17, 15) is 9.59 Å². The Labute approximate surface area is 144 Å². The zero-order chi connectivity index (χ0) is 16.9. The number of nitrogens with zero attached hydrogens (tertiary/aromatic N) is 2. The summed E-state index contributed by atoms with van der Waals surface area (Å²) in [7, 11) is 0. The summed E-state index contributed by atoms with van der Waals surface area (Å²) >= 11 is 1.58. The molecule has 1 aromatic heterocycles. The zero-order valence-electron chi connectivity index (χ0n) is 13.5. The number of urea groups is 1. The smallest absolute Gasteiger partial charge is 0.321 e. The van der Waals surface area contributed by atoms with Crippen LogP contribution in [0.5, 0.6) is 0 Å². The Morgan fingerprint density at radius 1 is 1.29 bits per heavy atom. The van der Waals surface area contributed by atoms with Crippen molar-refractivity contribution in [1.82, 2.24) is 15.2 Å². The maximum absolute atomic E-state index is 12.4. The highest BCUT2D eigenvalue weighted by molar-refractivity contribution is 7.13. The molecule has 0 saturated carbocycles. The van der Waals surface area contributed by atoms with Crippen LogP contribution in [-0.2, 0) is 4.79 Å². The van der Waals surface area contributed by atoms with E-state index in [0.29, 0.717) is 13.1 Å². The number of aromatic nitrogens is 1. The topological polar surface area (TPSA) is 74.3 Å². The first-order chi connectivity index (χ1) is 11.6. The number of thiazole rings is 1. The van der Waals surface area contributed by atoms with Gasteiger partial charge < -0.3 is 15.5 Å². The van der Waals surface area contributed by atoms with Crippen LogP contribution in [0.4, 0.5) is 10.5 Å². The maximum Gasteiger partial charge on any atom is 0.321 e. The Kier molecular flexibility index (Phi) is 5.10. The van der Waals surface area contributed by atoms with Crippen LogP contribution in [0.15, 0.2) is 35.8 Å². The molecule has 3 amide bonds. The Hall–Kier alpha value is -2.41. The third kappa shape index (κ3) is 4.11. The summed E-state index contributed by atoms with van der Waals surface area (Å²) in [5, 5.41) is 8.70. The summed E-state index contributed by atoms with van der Waals surface area (Å²) in [4.78, 5) is 29.6. The molecule has 1 atom stereocenters. The van der Waals surface area contributed by atoms with E-state index in [0.717, 1.165) is 29.1 Å². The quantitative estimate of drug-likeness (QED) is 0.899. The van der Waals surface area contributed by atoms with E-state index in [1.165, 1.54) is 6.92 Å². The summed E-state index contributed by atoms with van der Waals surface area (Å²) in [6.45, 7) is 2.75. The average molecular weight is 344 g/mol. The van der Waals surface area contributed by atoms with E-state index < -0.39 is 0 Å². The van der Waals surface area contributed by atoms with Gasteiger partial charge in [0.25, 0.3) is 0 Å². The number of hydrogen-bond acceptors (Lipinski definition) is 4. The predicted molar refractivity (Wildman–Crippen MR) is 95.0 cm³/mol. The average Bonchev–Trinajstić information content (AvgIpc) is 3.09. The van der Waals surface area contributed by atoms with Crippen LogP contribution in [-0.4, -0.2) is 41.0 Å². The van der Waals surface area contributed by atoms with Gasteiger partial charge in [0.15, 0.2) is 0 Å². The molecule has 1 fully saturated rings. The van der Waals surface area contributed by atoms with Gasteiger partial charge in [-0.05, 0) is 37.1 Å². The van der Waals surface area contributed by atoms with Gasteiger partial charge in [-0.3, -0.25) is 4.79 Å². The normalized spacial score (nSPS) is 17.4. The molecule has 24 heavy (non-hydrogen) atoms. The molecule has 1 unspecified atom stereocenters. The lowest BCUT2D eigenvalue weighted by Gasteiger charge is -2.33. The molecule has 2 N–H and O–H groups in total. The SMILES string of the molecule is CC(=O)NC1CCCN(C(=O)Nc2ccc(-c3nccs3)cc2)C1. The van der Waals surface area contributed by atoms with E-state index >= 15 is 0 Å². The molecule has 0 bridgehead atoms. The van der Waals surface area contributed by atoms with E-state index in [1.807, 2.05) is 29.6 Å². The minimum atomic E-state index is -0.132. The van der Waals surface area contributed by atoms with E-state index in [-0.39, 0.29) is 18.0 Å². The van der Waals surface area contributed by atoms with Gasteiger partial charge >= 0.3 is 6.03 Å². The van der Waals surface area contributed by atoms with Crippen molar-refractivity contribution in [2.45, 2.75) is 25.8 Å². The first-order valence-corrected chi connectivity index (χ1v) is 8.83. The maximum atomic E-state index is 12.4. The summed E-state index contributed by atoms with van der Waals surface area (Å²) < 4.78 is 0. The number of hydrogen-bond donors (Lipinski definition) is 2. The molecule has 2 heterocycles. The lowest BCUT2D eigenvalue weighted by atomic mass is 10.1. The van der Waals surface area contributed by atoms with Crippen LogP contribution in [0.1, 0.15) is 19.8 Å². The monoisotopic (exact) mass is 344 g/mol. The van der Waals surface area contributed by atoms with Crippen molar-refractivity contribution in [3.05, 3.63) is 35.8 Å². The number of anilines is 1. The summed E-state index contributed by atoms with van der Waals surface area (Å²) in [6, 6.07) is 7.56. The highest BCUT2D eigenvalue weighted by Crippen LogP contribution is 2.23. The molecule has 1 aliphatic rings. The van der Waals surface area contributed by atoms with Crippen LogP contribution in [0.2, 0.25) is 0 Å². The van der Waals surface area contributed by atoms with Crippen molar-refractivity contribution in [3.8, 4) is 10.6 Å². The van der Waals surface area contributed by atoms with Crippen LogP contribution < -0.4 is 10.6 Å². The lowest BCUT2D eigenvalue weighted by Crippen LogP contribution is -2.50. The number of rotatable bonds is 3. The van der Waals surface area contributed by atoms with Gasteiger partial charge in [0.1, 0.15) is 5.01 Å². The second kappa shape index (κ2) is 7.44. The largest absolute Gasteiger partial charge is 0.352 e. The Balaban J connectivity index is 1.59. The molecule has 0 aliphatic carbocycles. The van der Waals surface area contributed by atoms with Gasteiger partial charge in [-0.15, -0.1) is 11.3 Å². The molecule has 0 spiro atoms. The van der Waals surface area contributed by atoms with E-state index in [1.54, 1.807) is 22.4 Å². The minimum Gasteiger partial charge on any atom is -0.352 e. The predicted octanol–water partition coefficient (Wildman–Crippen LogP) is 2.94. The van der Waals surface area contributed by atoms with Crippen LogP contribution in [0, 0.1) is 0 Å². The third-order valence-electron chi connectivity index (χ3n) is 3.93. The molecule has 7 heteroatoms. The summed E-state index contributed by atoms with van der Waals surface area (Å²) in [6.07, 6.45) is 3.57. The zero-order valence-corrected chi connectivity index (χ0v) is 14.3. The van der Waals surface area contributed by atoms with Crippen molar-refractivity contribution in [2.75, 3.05) is 18.4 Å². The fourth-order valence-electron chi connectivity index (χ4n) is 2.83. The fourth-order valence-corrected chi connectivity index (χ4v) is 3.48. The highest BCUT2D eigenvalue weighted by Gasteiger charge is 2.24. The van der Waals surface area contributed by atoms with E-state index in [4.69, 9.17) is 0 Å². The van der Waals surface area contributed by atoms with E-state index in [2.05, 4.69) is 15.6 Å². The lowest BCUT2D eigenvalue weighted by molar-refractivity contribution is -0.119. The Bertz CT molecular complexity index is 700. The number of nitrogens with one attached hydrogen (secondary N) is 2. The number of piperidine rings is 1. The van der Waals surface area contributed by atoms with Crippen molar-refractivity contribution in [2.24, 2.45) is 0 Å². The Morgan fingerprint density at radius 2 is 2.08 bits per heavy atom. The molecule has 0 radical (unpaired) electrons. The number of amides is 3. The molecule has 3 rings (SSSR count). The minimum absolute atomic E-state index is 0.0364. The molecule has 2 aromatic rings. The molecule has 126 valence electrons. The van der Waals surface area contributed by atoms with Gasteiger partial charge in [-0.25, -0.2) is 9.78 Å². The molecule has 1 aromatic carbocycles. The van der Waals surface area contributed by atoms with Crippen molar-refractivity contribution in [3.63, 3.8) is 0 Å². The van der Waals surface area contributed by atoms with Gasteiger partial charge in [0.2, 0.25) is 5.91 Å². The second-order valence-electron chi connectivity index (χ2n) is 5.83. The van der Waals surface area contributed by atoms with Crippen molar-refractivity contribution >= 4 is 29.0 Å². The van der Waals surface area contributed by atoms with Crippen molar-refractivity contribution < 1.29 is 9.59 Å². The standard InChI is InChI=1S/C17H20N4O2S/c1-12(22)19-15-3-2-9-21(11-15)17(23)20-14-6-4-13(5-7-14)16-18-8-10-24-16/h4-8,10,15H,2-3,9,11H2,1H3,(H,19,22)(H,20,23). The summed E-state index contributed by atoms with van der Waals surface area (Å²) in [5.41, 5.74) is 1.79. The van der Waals surface area contributed by atoms with Crippen LogP contribution in [0.25, 0.3) is 10.6 Å². The number of carbonyl (C=O) groups is 2. The first-order valence-electron chi connectivity index (χ1n) is 7.95. The van der Waals surface area contributed by atoms with Gasteiger partial charge in [-0.2, -0.15) is 0 Å². The second-order valence-corrected chi connectivity index (χ2v) is 6.73. The number of carbonyl (C=O) groups excluding carboxylic acids is 2. The molecule has 6 nitrogen and oxygen atoms in total. The van der Waals surface area contributed by atoms with Gasteiger partial charge in [-0.1, -0.05) is 0 Å². The van der Waals surface area contributed by atoms with Gasteiger partial charge in [0, 0.05) is 48.9 Å². The molecular weight excluding hydrogens is 324 g/mol. The third-order valence-corrected chi connectivity index (χ3v) is 4.75. The molecular formula is C17H20N4O2S. The first kappa shape index (κ1) is 16.4. The van der Waals surface area contributed by atoms with Crippen LogP contribution in [0.3, 0.4) is 0 Å². The number of likely N-dealkylation sites (tertiary alicyclic amines) is 1. The number of benzene rings is 1. The fraction of sp³-hybridized carbons (Fsp3) is 0.353. The molecule has 1 aliphatic heterocycles. The van der Waals surface area contributed by atoms with Crippen LogP contribution >= 0.6 is 11.3 Å².